The predicted octanol–water partition coefficient (Wildman–Crippen LogP) is 2.08. The van der Waals surface area contributed by atoms with E-state index in [0.29, 0.717) is 12.2 Å². The molecule has 7 nitrogen and oxygen atoms in total. The minimum atomic E-state index is -0.938. The van der Waals surface area contributed by atoms with E-state index in [2.05, 4.69) is 32.2 Å². The van der Waals surface area contributed by atoms with Crippen molar-refractivity contribution in [1.29, 1.82) is 0 Å². The highest BCUT2D eigenvalue weighted by atomic mass is 32.1. The average Bonchev–Trinajstić information content (AvgIpc) is 3.15. The number of aryl methyl sites for hydroxylation is 1. The molecule has 3 rings (SSSR count). The number of hydrogen-bond acceptors (Lipinski definition) is 6. The molecule has 114 valence electrons. The van der Waals surface area contributed by atoms with Gasteiger partial charge >= 0.3 is 5.97 Å². The van der Waals surface area contributed by atoms with Crippen LogP contribution in [0.5, 0.6) is 0 Å². The summed E-state index contributed by atoms with van der Waals surface area (Å²) in [5.74, 6) is -0.389. The van der Waals surface area contributed by atoms with Crippen LogP contribution in [0.25, 0.3) is 10.2 Å². The van der Waals surface area contributed by atoms with Gasteiger partial charge in [0, 0.05) is 23.2 Å². The van der Waals surface area contributed by atoms with Gasteiger partial charge in [0.05, 0.1) is 11.7 Å². The minimum absolute atomic E-state index is 0.297. The average molecular weight is 317 g/mol. The van der Waals surface area contributed by atoms with Gasteiger partial charge in [0.2, 0.25) is 0 Å². The first-order valence-corrected chi connectivity index (χ1v) is 7.69. The van der Waals surface area contributed by atoms with Crippen LogP contribution in [0.2, 0.25) is 0 Å². The number of aliphatic carboxylic acids is 1. The van der Waals surface area contributed by atoms with E-state index in [9.17, 15) is 9.90 Å². The van der Waals surface area contributed by atoms with Crippen LogP contribution >= 0.6 is 11.3 Å². The van der Waals surface area contributed by atoms with Crippen LogP contribution in [0.15, 0.2) is 24.9 Å². The third-order valence-electron chi connectivity index (χ3n) is 3.32. The normalized spacial score (nSPS) is 12.4. The number of rotatable bonds is 6. The zero-order valence-corrected chi connectivity index (χ0v) is 12.7. The van der Waals surface area contributed by atoms with Crippen LogP contribution < -0.4 is 5.32 Å². The summed E-state index contributed by atoms with van der Waals surface area (Å²) in [5, 5.41) is 13.3. The van der Waals surface area contributed by atoms with Crippen molar-refractivity contribution in [2.75, 3.05) is 5.32 Å². The number of anilines is 1. The molecule has 0 unspecified atom stereocenters. The largest absolute Gasteiger partial charge is 0.480 e. The number of aromatic amines is 1. The van der Waals surface area contributed by atoms with Crippen LogP contribution in [0.3, 0.4) is 0 Å². The second-order valence-electron chi connectivity index (χ2n) is 4.82. The molecule has 3 N–H and O–H groups in total. The van der Waals surface area contributed by atoms with Gasteiger partial charge in [-0.05, 0) is 12.5 Å². The molecule has 0 saturated heterocycles. The lowest BCUT2D eigenvalue weighted by molar-refractivity contribution is -0.137. The zero-order chi connectivity index (χ0) is 15.5. The summed E-state index contributed by atoms with van der Waals surface area (Å²) < 4.78 is 0. The quantitative estimate of drug-likeness (QED) is 0.643. The molecule has 3 heterocycles. The fraction of sp³-hybridized carbons (Fsp3) is 0.286. The number of hydrogen-bond donors (Lipinski definition) is 3. The van der Waals surface area contributed by atoms with Crippen LogP contribution in [-0.2, 0) is 17.6 Å². The summed E-state index contributed by atoms with van der Waals surface area (Å²) in [6.07, 6.45) is 5.81. The van der Waals surface area contributed by atoms with Crippen LogP contribution in [0.1, 0.15) is 17.5 Å². The topological polar surface area (TPSA) is 104 Å². The van der Waals surface area contributed by atoms with Gasteiger partial charge in [-0.25, -0.2) is 19.7 Å². The standard InChI is InChI=1S/C14H15N5O2S/c1-2-9-4-10-12(17-7-18-13(10)22-9)19-11(14(20)21)3-8-5-15-6-16-8/h4-7,11H,2-3H2,1H3,(H,15,16)(H,20,21)(H,17,18,19)/t11-/m0/s1. The fourth-order valence-electron chi connectivity index (χ4n) is 2.18. The van der Waals surface area contributed by atoms with Crippen molar-refractivity contribution in [3.63, 3.8) is 0 Å². The molecule has 3 aromatic rings. The number of aromatic nitrogens is 4. The molecular formula is C14H15N5O2S. The van der Waals surface area contributed by atoms with Crippen LogP contribution in [0.4, 0.5) is 5.82 Å². The second-order valence-corrected chi connectivity index (χ2v) is 5.94. The van der Waals surface area contributed by atoms with Crippen molar-refractivity contribution in [2.45, 2.75) is 25.8 Å². The van der Waals surface area contributed by atoms with Gasteiger partial charge in [-0.15, -0.1) is 11.3 Å². The van der Waals surface area contributed by atoms with E-state index in [1.54, 1.807) is 17.5 Å². The number of thiophene rings is 1. The summed E-state index contributed by atoms with van der Waals surface area (Å²) in [6.45, 7) is 2.07. The molecule has 3 aromatic heterocycles. The van der Waals surface area contributed by atoms with E-state index in [1.807, 2.05) is 6.07 Å². The van der Waals surface area contributed by atoms with Gasteiger partial charge in [-0.1, -0.05) is 6.92 Å². The Labute approximate surface area is 130 Å². The zero-order valence-electron chi connectivity index (χ0n) is 11.9. The Balaban J connectivity index is 1.89. The molecule has 0 amide bonds. The first-order valence-electron chi connectivity index (χ1n) is 6.87. The number of nitrogens with one attached hydrogen (secondary N) is 2. The Kier molecular flexibility index (Phi) is 4.01. The van der Waals surface area contributed by atoms with Crippen LogP contribution in [-0.4, -0.2) is 37.1 Å². The van der Waals surface area contributed by atoms with Crippen molar-refractivity contribution in [3.8, 4) is 0 Å². The fourth-order valence-corrected chi connectivity index (χ4v) is 3.11. The number of fused-ring (bicyclic) bond motifs is 1. The van der Waals surface area contributed by atoms with Gasteiger partial charge in [0.25, 0.3) is 0 Å². The lowest BCUT2D eigenvalue weighted by Gasteiger charge is -2.14. The molecule has 0 bridgehead atoms. The van der Waals surface area contributed by atoms with Crippen molar-refractivity contribution < 1.29 is 9.90 Å². The molecule has 0 aliphatic heterocycles. The monoisotopic (exact) mass is 317 g/mol. The maximum Gasteiger partial charge on any atom is 0.326 e. The molecule has 0 saturated carbocycles. The minimum Gasteiger partial charge on any atom is -0.480 e. The summed E-state index contributed by atoms with van der Waals surface area (Å²) in [7, 11) is 0. The highest BCUT2D eigenvalue weighted by Crippen LogP contribution is 2.28. The van der Waals surface area contributed by atoms with Gasteiger partial charge in [0.15, 0.2) is 0 Å². The number of carboxylic acids is 1. The van der Waals surface area contributed by atoms with E-state index in [-0.39, 0.29) is 0 Å². The van der Waals surface area contributed by atoms with E-state index < -0.39 is 12.0 Å². The number of nitrogens with zero attached hydrogens (tertiary/aromatic N) is 3. The summed E-state index contributed by atoms with van der Waals surface area (Å²) in [4.78, 5) is 28.8. The Morgan fingerprint density at radius 1 is 1.50 bits per heavy atom. The number of carbonyl (C=O) groups is 1. The smallest absolute Gasteiger partial charge is 0.326 e. The maximum absolute atomic E-state index is 11.5. The summed E-state index contributed by atoms with van der Waals surface area (Å²) in [6, 6.07) is 1.22. The molecular weight excluding hydrogens is 302 g/mol. The molecule has 0 radical (unpaired) electrons. The van der Waals surface area contributed by atoms with E-state index in [0.717, 1.165) is 22.3 Å². The first-order chi connectivity index (χ1) is 10.7. The van der Waals surface area contributed by atoms with Crippen molar-refractivity contribution in [2.24, 2.45) is 0 Å². The second kappa shape index (κ2) is 6.10. The van der Waals surface area contributed by atoms with Crippen molar-refractivity contribution in [3.05, 3.63) is 35.5 Å². The molecule has 0 aliphatic rings. The molecule has 22 heavy (non-hydrogen) atoms. The predicted molar refractivity (Wildman–Crippen MR) is 84.1 cm³/mol. The Hall–Kier alpha value is -2.48. The molecule has 1 atom stereocenters. The Morgan fingerprint density at radius 2 is 2.36 bits per heavy atom. The molecule has 0 spiro atoms. The summed E-state index contributed by atoms with van der Waals surface area (Å²) in [5.41, 5.74) is 0.754. The first kappa shape index (κ1) is 14.5. The number of carboxylic acid groups (broad SMARTS) is 1. The maximum atomic E-state index is 11.5. The van der Waals surface area contributed by atoms with Crippen molar-refractivity contribution >= 4 is 33.3 Å². The number of H-pyrrole nitrogens is 1. The Morgan fingerprint density at radius 3 is 3.05 bits per heavy atom. The van der Waals surface area contributed by atoms with Gasteiger partial charge in [-0.2, -0.15) is 0 Å². The Bertz CT molecular complexity index is 784. The summed E-state index contributed by atoms with van der Waals surface area (Å²) >= 11 is 1.60. The molecule has 8 heteroatoms. The van der Waals surface area contributed by atoms with E-state index in [1.165, 1.54) is 17.5 Å². The lowest BCUT2D eigenvalue weighted by atomic mass is 10.1. The third kappa shape index (κ3) is 2.91. The van der Waals surface area contributed by atoms with Gasteiger partial charge in [-0.3, -0.25) is 0 Å². The SMILES string of the molecule is CCc1cc2c(N[C@@H](Cc3cnc[nH]3)C(=O)O)ncnc2s1. The van der Waals surface area contributed by atoms with Crippen molar-refractivity contribution in [1.82, 2.24) is 19.9 Å². The highest BCUT2D eigenvalue weighted by molar-refractivity contribution is 7.18. The lowest BCUT2D eigenvalue weighted by Crippen LogP contribution is -2.32. The third-order valence-corrected chi connectivity index (χ3v) is 4.50. The molecule has 0 aromatic carbocycles. The highest BCUT2D eigenvalue weighted by Gasteiger charge is 2.20. The van der Waals surface area contributed by atoms with E-state index >= 15 is 0 Å². The van der Waals surface area contributed by atoms with Crippen LogP contribution in [0, 0.1) is 0 Å². The van der Waals surface area contributed by atoms with Gasteiger partial charge in [0.1, 0.15) is 23.0 Å². The molecule has 0 aliphatic carbocycles. The number of imidazole rings is 1. The van der Waals surface area contributed by atoms with E-state index in [4.69, 9.17) is 0 Å². The molecule has 0 fully saturated rings. The van der Waals surface area contributed by atoms with Gasteiger partial charge < -0.3 is 15.4 Å².